The van der Waals surface area contributed by atoms with E-state index in [2.05, 4.69) is 10.1 Å². The van der Waals surface area contributed by atoms with Crippen molar-refractivity contribution >= 4 is 11.6 Å². The van der Waals surface area contributed by atoms with Crippen LogP contribution in [0.25, 0.3) is 11.3 Å². The highest BCUT2D eigenvalue weighted by Gasteiger charge is 2.32. The molecule has 118 valence electrons. The van der Waals surface area contributed by atoms with E-state index in [-0.39, 0.29) is 18.8 Å². The maximum absolute atomic E-state index is 9.48. The second kappa shape index (κ2) is 6.79. The summed E-state index contributed by atoms with van der Waals surface area (Å²) in [4.78, 5) is 2.17. The summed E-state index contributed by atoms with van der Waals surface area (Å²) in [5.41, 5.74) is 1.75. The van der Waals surface area contributed by atoms with Crippen LogP contribution in [-0.4, -0.2) is 47.6 Å². The highest BCUT2D eigenvalue weighted by molar-refractivity contribution is 6.30. The molecular formula is C16H19ClN2O3. The summed E-state index contributed by atoms with van der Waals surface area (Å²) in [5.74, 6) is 0.778. The Labute approximate surface area is 134 Å². The molecule has 2 aromatic rings. The fraction of sp³-hybridized carbons (Fsp3) is 0.438. The number of benzene rings is 1. The molecule has 6 heteroatoms. The number of hydrogen-bond acceptors (Lipinski definition) is 5. The van der Waals surface area contributed by atoms with Crippen LogP contribution < -0.4 is 0 Å². The maximum atomic E-state index is 9.48. The Hall–Kier alpha value is -1.40. The van der Waals surface area contributed by atoms with Gasteiger partial charge in [-0.25, -0.2) is 0 Å². The van der Waals surface area contributed by atoms with E-state index in [1.807, 2.05) is 30.3 Å². The minimum atomic E-state index is 0.106. The number of likely N-dealkylation sites (tertiary alicyclic amines) is 1. The van der Waals surface area contributed by atoms with Crippen molar-refractivity contribution in [2.45, 2.75) is 25.1 Å². The Morgan fingerprint density at radius 2 is 2.18 bits per heavy atom. The van der Waals surface area contributed by atoms with E-state index in [4.69, 9.17) is 20.9 Å². The van der Waals surface area contributed by atoms with Crippen molar-refractivity contribution in [3.05, 3.63) is 41.1 Å². The van der Waals surface area contributed by atoms with Gasteiger partial charge in [-0.1, -0.05) is 28.9 Å². The fourth-order valence-electron chi connectivity index (χ4n) is 2.84. The standard InChI is InChI=1S/C16H19ClN2O3/c1-21-14-6-13(10-20)19(8-14)9-15-7-16(18-22-15)11-2-4-12(17)5-3-11/h2-5,7,13-14,20H,6,8-10H2,1H3/t13-,14+/m0/s1. The molecule has 2 atom stereocenters. The number of hydrogen-bond donors (Lipinski definition) is 1. The molecule has 1 saturated heterocycles. The summed E-state index contributed by atoms with van der Waals surface area (Å²) in [6.07, 6.45) is 1.00. The summed E-state index contributed by atoms with van der Waals surface area (Å²) < 4.78 is 10.8. The zero-order valence-electron chi connectivity index (χ0n) is 12.4. The van der Waals surface area contributed by atoms with Gasteiger partial charge in [-0.15, -0.1) is 0 Å². The largest absolute Gasteiger partial charge is 0.395 e. The number of aliphatic hydroxyl groups excluding tert-OH is 1. The van der Waals surface area contributed by atoms with Crippen molar-refractivity contribution in [2.24, 2.45) is 0 Å². The first-order valence-electron chi connectivity index (χ1n) is 7.29. The quantitative estimate of drug-likeness (QED) is 0.917. The molecule has 1 aliphatic heterocycles. The van der Waals surface area contributed by atoms with Crippen LogP contribution in [0.2, 0.25) is 5.02 Å². The van der Waals surface area contributed by atoms with Crippen LogP contribution in [0, 0.1) is 0 Å². The molecule has 1 aromatic carbocycles. The monoisotopic (exact) mass is 322 g/mol. The van der Waals surface area contributed by atoms with Gasteiger partial charge in [-0.05, 0) is 18.6 Å². The Balaban J connectivity index is 1.70. The predicted octanol–water partition coefficient (Wildman–Crippen LogP) is 2.58. The van der Waals surface area contributed by atoms with E-state index in [0.29, 0.717) is 11.6 Å². The molecule has 1 aliphatic rings. The van der Waals surface area contributed by atoms with E-state index in [0.717, 1.165) is 30.0 Å². The molecule has 0 radical (unpaired) electrons. The number of rotatable bonds is 5. The molecular weight excluding hydrogens is 304 g/mol. The lowest BCUT2D eigenvalue weighted by Gasteiger charge is -2.20. The lowest BCUT2D eigenvalue weighted by atomic mass is 10.1. The SMILES string of the molecule is CO[C@@H]1C[C@@H](CO)N(Cc2cc(-c3ccc(Cl)cc3)no2)C1. The molecule has 0 aliphatic carbocycles. The van der Waals surface area contributed by atoms with Gasteiger partial charge in [0.05, 0.1) is 19.3 Å². The van der Waals surface area contributed by atoms with Crippen LogP contribution in [0.1, 0.15) is 12.2 Å². The van der Waals surface area contributed by atoms with Gasteiger partial charge in [0.1, 0.15) is 5.69 Å². The molecule has 22 heavy (non-hydrogen) atoms. The Bertz CT molecular complexity index is 614. The van der Waals surface area contributed by atoms with Crippen LogP contribution >= 0.6 is 11.6 Å². The summed E-state index contributed by atoms with van der Waals surface area (Å²) in [6, 6.07) is 9.52. The van der Waals surface area contributed by atoms with Crippen LogP contribution in [0.3, 0.4) is 0 Å². The van der Waals surface area contributed by atoms with Gasteiger partial charge in [-0.2, -0.15) is 0 Å². The number of nitrogens with zero attached hydrogens (tertiary/aromatic N) is 2. The van der Waals surface area contributed by atoms with Crippen LogP contribution in [0.15, 0.2) is 34.9 Å². The first-order chi connectivity index (χ1) is 10.7. The summed E-state index contributed by atoms with van der Waals surface area (Å²) in [6.45, 7) is 1.53. The normalized spacial score (nSPS) is 22.3. The zero-order valence-corrected chi connectivity index (χ0v) is 13.2. The van der Waals surface area contributed by atoms with Gasteiger partial charge in [0.15, 0.2) is 5.76 Å². The first kappa shape index (κ1) is 15.5. The third-order valence-electron chi connectivity index (χ3n) is 4.09. The number of halogens is 1. The molecule has 0 bridgehead atoms. The molecule has 3 rings (SSSR count). The van der Waals surface area contributed by atoms with E-state index in [1.54, 1.807) is 7.11 Å². The molecule has 5 nitrogen and oxygen atoms in total. The minimum absolute atomic E-state index is 0.106. The molecule has 1 aromatic heterocycles. The maximum Gasteiger partial charge on any atom is 0.151 e. The van der Waals surface area contributed by atoms with Crippen LogP contribution in [0.5, 0.6) is 0 Å². The molecule has 0 saturated carbocycles. The number of ether oxygens (including phenoxy) is 1. The lowest BCUT2D eigenvalue weighted by molar-refractivity contribution is 0.105. The first-order valence-corrected chi connectivity index (χ1v) is 7.66. The van der Waals surface area contributed by atoms with Crippen molar-refractivity contribution < 1.29 is 14.4 Å². The van der Waals surface area contributed by atoms with Gasteiger partial charge in [0, 0.05) is 36.3 Å². The molecule has 0 amide bonds. The van der Waals surface area contributed by atoms with E-state index >= 15 is 0 Å². The third kappa shape index (κ3) is 3.33. The topological polar surface area (TPSA) is 58.7 Å². The van der Waals surface area contributed by atoms with Crippen LogP contribution in [-0.2, 0) is 11.3 Å². The minimum Gasteiger partial charge on any atom is -0.395 e. The number of methoxy groups -OCH3 is 1. The number of aliphatic hydroxyl groups is 1. The fourth-order valence-corrected chi connectivity index (χ4v) is 2.96. The van der Waals surface area contributed by atoms with Gasteiger partial charge >= 0.3 is 0 Å². The second-order valence-corrected chi connectivity index (χ2v) is 5.98. The van der Waals surface area contributed by atoms with Crippen LogP contribution in [0.4, 0.5) is 0 Å². The Kier molecular flexibility index (Phi) is 4.78. The molecule has 1 fully saturated rings. The molecule has 0 spiro atoms. The number of aromatic nitrogens is 1. The van der Waals surface area contributed by atoms with Crippen molar-refractivity contribution in [1.82, 2.24) is 10.1 Å². The Morgan fingerprint density at radius 1 is 1.41 bits per heavy atom. The van der Waals surface area contributed by atoms with Crippen molar-refractivity contribution in [3.8, 4) is 11.3 Å². The average molecular weight is 323 g/mol. The van der Waals surface area contributed by atoms with E-state index < -0.39 is 0 Å². The van der Waals surface area contributed by atoms with Gasteiger partial charge in [0.25, 0.3) is 0 Å². The van der Waals surface area contributed by atoms with Crippen molar-refractivity contribution in [3.63, 3.8) is 0 Å². The summed E-state index contributed by atoms with van der Waals surface area (Å²) in [7, 11) is 1.70. The van der Waals surface area contributed by atoms with Gasteiger partial charge < -0.3 is 14.4 Å². The second-order valence-electron chi connectivity index (χ2n) is 5.54. The van der Waals surface area contributed by atoms with E-state index in [9.17, 15) is 5.11 Å². The Morgan fingerprint density at radius 3 is 2.86 bits per heavy atom. The summed E-state index contributed by atoms with van der Waals surface area (Å²) >= 11 is 5.89. The zero-order chi connectivity index (χ0) is 15.5. The molecule has 2 heterocycles. The smallest absolute Gasteiger partial charge is 0.151 e. The lowest BCUT2D eigenvalue weighted by Crippen LogP contribution is -2.31. The summed E-state index contributed by atoms with van der Waals surface area (Å²) in [5, 5.41) is 14.3. The van der Waals surface area contributed by atoms with E-state index in [1.165, 1.54) is 0 Å². The molecule has 1 N–H and O–H groups in total. The van der Waals surface area contributed by atoms with Gasteiger partial charge in [-0.3, -0.25) is 4.90 Å². The van der Waals surface area contributed by atoms with Crippen molar-refractivity contribution in [2.75, 3.05) is 20.3 Å². The predicted molar refractivity (Wildman–Crippen MR) is 83.6 cm³/mol. The highest BCUT2D eigenvalue weighted by Crippen LogP contribution is 2.25. The third-order valence-corrected chi connectivity index (χ3v) is 4.34. The average Bonchev–Trinajstić information content (AvgIpc) is 3.15. The molecule has 0 unspecified atom stereocenters. The highest BCUT2D eigenvalue weighted by atomic mass is 35.5. The van der Waals surface area contributed by atoms with Crippen molar-refractivity contribution in [1.29, 1.82) is 0 Å². The van der Waals surface area contributed by atoms with Gasteiger partial charge in [0.2, 0.25) is 0 Å².